The predicted molar refractivity (Wildman–Crippen MR) is 49.9 cm³/mol. The van der Waals surface area contributed by atoms with Crippen LogP contribution < -0.4 is 5.73 Å². The average molecular weight is 201 g/mol. The molecule has 78 valence electrons. The Labute approximate surface area is 81.4 Å². The fourth-order valence-electron chi connectivity index (χ4n) is 1.24. The van der Waals surface area contributed by atoms with Crippen LogP contribution in [0.15, 0.2) is 18.2 Å². The summed E-state index contributed by atoms with van der Waals surface area (Å²) in [5, 5.41) is 9.09. The van der Waals surface area contributed by atoms with Gasteiger partial charge in [0.15, 0.2) is 0 Å². The summed E-state index contributed by atoms with van der Waals surface area (Å²) in [4.78, 5) is 0. The van der Waals surface area contributed by atoms with Crippen molar-refractivity contribution < 1.29 is 13.9 Å². The van der Waals surface area contributed by atoms with E-state index in [2.05, 4.69) is 0 Å². The summed E-state index contributed by atoms with van der Waals surface area (Å²) in [5.41, 5.74) is 4.83. The first-order valence-electron chi connectivity index (χ1n) is 4.30. The van der Waals surface area contributed by atoms with Gasteiger partial charge in [-0.1, -0.05) is 13.0 Å². The molecular weight excluding hydrogens is 188 g/mol. The summed E-state index contributed by atoms with van der Waals surface area (Å²) in [5.74, 6) is -1.31. The minimum absolute atomic E-state index is 0.103. The van der Waals surface area contributed by atoms with Crippen LogP contribution in [0, 0.1) is 11.6 Å². The zero-order valence-corrected chi connectivity index (χ0v) is 7.93. The van der Waals surface area contributed by atoms with E-state index in [4.69, 9.17) is 10.8 Å². The first-order chi connectivity index (χ1) is 6.53. The summed E-state index contributed by atoms with van der Waals surface area (Å²) < 4.78 is 25.9. The van der Waals surface area contributed by atoms with E-state index in [1.54, 1.807) is 6.92 Å². The zero-order chi connectivity index (χ0) is 10.8. The van der Waals surface area contributed by atoms with E-state index in [1.165, 1.54) is 6.07 Å². The molecule has 2 nitrogen and oxygen atoms in total. The molecule has 0 aliphatic carbocycles. The molecule has 0 bridgehead atoms. The maximum atomic E-state index is 13.3. The number of aliphatic hydroxyl groups is 1. The second-order valence-electron chi connectivity index (χ2n) is 3.55. The van der Waals surface area contributed by atoms with Gasteiger partial charge in [0.25, 0.3) is 0 Å². The van der Waals surface area contributed by atoms with Crippen LogP contribution in [-0.2, 0) is 5.41 Å². The Morgan fingerprint density at radius 2 is 2.07 bits per heavy atom. The molecule has 0 spiro atoms. The molecule has 1 rings (SSSR count). The van der Waals surface area contributed by atoms with E-state index in [1.807, 2.05) is 0 Å². The van der Waals surface area contributed by atoms with Gasteiger partial charge in [0, 0.05) is 18.0 Å². The number of hydrogen-bond donors (Lipinski definition) is 2. The van der Waals surface area contributed by atoms with Crippen molar-refractivity contribution in [3.05, 3.63) is 35.4 Å². The minimum atomic E-state index is -0.849. The van der Waals surface area contributed by atoms with Gasteiger partial charge in [-0.2, -0.15) is 0 Å². The first kappa shape index (κ1) is 11.1. The topological polar surface area (TPSA) is 46.2 Å². The lowest BCUT2D eigenvalue weighted by Crippen LogP contribution is -2.36. The van der Waals surface area contributed by atoms with Crippen molar-refractivity contribution in [2.75, 3.05) is 13.2 Å². The Kier molecular flexibility index (Phi) is 3.18. The molecular formula is C10H13F2NO. The maximum Gasteiger partial charge on any atom is 0.130 e. The lowest BCUT2D eigenvalue weighted by molar-refractivity contribution is 0.206. The molecule has 0 amide bonds. The highest BCUT2D eigenvalue weighted by atomic mass is 19.1. The fraction of sp³-hybridized carbons (Fsp3) is 0.400. The molecule has 0 saturated heterocycles. The van der Waals surface area contributed by atoms with Crippen LogP contribution in [0.3, 0.4) is 0 Å². The van der Waals surface area contributed by atoms with Gasteiger partial charge in [0.05, 0.1) is 6.61 Å². The lowest BCUT2D eigenvalue weighted by Gasteiger charge is -2.26. The summed E-state index contributed by atoms with van der Waals surface area (Å²) in [6.07, 6.45) is 0. The molecule has 0 aliphatic rings. The van der Waals surface area contributed by atoms with Crippen LogP contribution >= 0.6 is 0 Å². The summed E-state index contributed by atoms with van der Waals surface area (Å²) in [6.45, 7) is 1.46. The summed E-state index contributed by atoms with van der Waals surface area (Å²) in [6, 6.07) is 3.26. The molecule has 3 N–H and O–H groups in total. The monoisotopic (exact) mass is 201 g/mol. The van der Waals surface area contributed by atoms with Gasteiger partial charge in [-0.3, -0.25) is 0 Å². The van der Waals surface area contributed by atoms with Crippen molar-refractivity contribution in [2.24, 2.45) is 5.73 Å². The van der Waals surface area contributed by atoms with Crippen molar-refractivity contribution in [1.82, 2.24) is 0 Å². The van der Waals surface area contributed by atoms with E-state index < -0.39 is 17.0 Å². The van der Waals surface area contributed by atoms with Gasteiger partial charge in [-0.15, -0.1) is 0 Å². The Bertz CT molecular complexity index is 324. The molecule has 14 heavy (non-hydrogen) atoms. The third kappa shape index (κ3) is 1.91. The average Bonchev–Trinajstić information content (AvgIpc) is 2.17. The van der Waals surface area contributed by atoms with Crippen LogP contribution in [0.1, 0.15) is 12.5 Å². The van der Waals surface area contributed by atoms with Gasteiger partial charge in [0.2, 0.25) is 0 Å². The van der Waals surface area contributed by atoms with Crippen molar-refractivity contribution in [3.63, 3.8) is 0 Å². The number of nitrogens with two attached hydrogens (primary N) is 1. The van der Waals surface area contributed by atoms with Crippen LogP contribution in [0.4, 0.5) is 8.78 Å². The summed E-state index contributed by atoms with van der Waals surface area (Å²) >= 11 is 0. The molecule has 4 heteroatoms. The molecule has 1 atom stereocenters. The quantitative estimate of drug-likeness (QED) is 0.771. The zero-order valence-electron chi connectivity index (χ0n) is 7.93. The first-order valence-corrected chi connectivity index (χ1v) is 4.30. The maximum absolute atomic E-state index is 13.3. The lowest BCUT2D eigenvalue weighted by atomic mass is 9.83. The van der Waals surface area contributed by atoms with E-state index in [9.17, 15) is 8.78 Å². The van der Waals surface area contributed by atoms with Crippen molar-refractivity contribution in [3.8, 4) is 0 Å². The molecule has 0 aliphatic heterocycles. The third-order valence-corrected chi connectivity index (χ3v) is 2.38. The molecule has 0 radical (unpaired) electrons. The van der Waals surface area contributed by atoms with E-state index in [0.29, 0.717) is 0 Å². The molecule has 0 fully saturated rings. The highest BCUT2D eigenvalue weighted by molar-refractivity contribution is 5.27. The van der Waals surface area contributed by atoms with Crippen molar-refractivity contribution >= 4 is 0 Å². The van der Waals surface area contributed by atoms with Gasteiger partial charge in [0.1, 0.15) is 11.6 Å². The van der Waals surface area contributed by atoms with Gasteiger partial charge < -0.3 is 10.8 Å². The van der Waals surface area contributed by atoms with E-state index in [-0.39, 0.29) is 18.7 Å². The number of benzene rings is 1. The molecule has 0 heterocycles. The Morgan fingerprint density at radius 3 is 2.50 bits per heavy atom. The van der Waals surface area contributed by atoms with Crippen LogP contribution in [0.25, 0.3) is 0 Å². The second kappa shape index (κ2) is 4.02. The predicted octanol–water partition coefficient (Wildman–Crippen LogP) is 1.17. The van der Waals surface area contributed by atoms with Gasteiger partial charge in [-0.05, 0) is 11.6 Å². The van der Waals surface area contributed by atoms with E-state index in [0.717, 1.165) is 12.1 Å². The Balaban J connectivity index is 3.17. The second-order valence-corrected chi connectivity index (χ2v) is 3.55. The Hall–Kier alpha value is -1.00. The Morgan fingerprint density at radius 1 is 1.43 bits per heavy atom. The fourth-order valence-corrected chi connectivity index (χ4v) is 1.24. The minimum Gasteiger partial charge on any atom is -0.395 e. The normalized spacial score (nSPS) is 15.2. The summed E-state index contributed by atoms with van der Waals surface area (Å²) in [7, 11) is 0. The molecule has 1 aromatic carbocycles. The molecule has 0 aromatic heterocycles. The SMILES string of the molecule is CC(CN)(CO)c1ccc(F)cc1F. The number of aliphatic hydroxyl groups excluding tert-OH is 1. The van der Waals surface area contributed by atoms with Crippen molar-refractivity contribution in [1.29, 1.82) is 0 Å². The van der Waals surface area contributed by atoms with Gasteiger partial charge in [-0.25, -0.2) is 8.78 Å². The van der Waals surface area contributed by atoms with Gasteiger partial charge >= 0.3 is 0 Å². The van der Waals surface area contributed by atoms with Crippen LogP contribution in [-0.4, -0.2) is 18.3 Å². The number of halogens is 2. The molecule has 0 saturated carbocycles. The molecule has 1 unspecified atom stereocenters. The molecule has 1 aromatic rings. The van der Waals surface area contributed by atoms with Crippen LogP contribution in [0.2, 0.25) is 0 Å². The highest BCUT2D eigenvalue weighted by Crippen LogP contribution is 2.25. The standard InChI is InChI=1S/C10H13F2NO/c1-10(5-13,6-14)8-3-2-7(11)4-9(8)12/h2-4,14H,5-6,13H2,1H3. The van der Waals surface area contributed by atoms with Crippen molar-refractivity contribution in [2.45, 2.75) is 12.3 Å². The largest absolute Gasteiger partial charge is 0.395 e. The number of rotatable bonds is 3. The smallest absolute Gasteiger partial charge is 0.130 e. The van der Waals surface area contributed by atoms with E-state index >= 15 is 0 Å². The number of hydrogen-bond acceptors (Lipinski definition) is 2. The third-order valence-electron chi connectivity index (χ3n) is 2.38. The highest BCUT2D eigenvalue weighted by Gasteiger charge is 2.27. The van der Waals surface area contributed by atoms with Crippen LogP contribution in [0.5, 0.6) is 0 Å².